The molecule has 166 valence electrons. The molecule has 0 N–H and O–H groups in total. The third-order valence-corrected chi connectivity index (χ3v) is 6.85. The molecule has 33 heavy (non-hydrogen) atoms. The second-order valence-electron chi connectivity index (χ2n) is 7.98. The van der Waals surface area contributed by atoms with E-state index in [0.29, 0.717) is 13.0 Å². The van der Waals surface area contributed by atoms with Gasteiger partial charge in [0.1, 0.15) is 23.1 Å². The van der Waals surface area contributed by atoms with Crippen molar-refractivity contribution < 1.29 is 9.23 Å². The van der Waals surface area contributed by atoms with Crippen molar-refractivity contribution in [3.8, 4) is 21.1 Å². The molecule has 0 saturated heterocycles. The normalized spacial score (nSPS) is 14.3. The molecule has 0 unspecified atom stereocenters. The van der Waals surface area contributed by atoms with E-state index in [4.69, 9.17) is 14.8 Å². The molecule has 0 fully saturated rings. The average Bonchev–Trinajstić information content (AvgIpc) is 3.25. The number of benzene rings is 1. The Morgan fingerprint density at radius 2 is 1.94 bits per heavy atom. The van der Waals surface area contributed by atoms with Gasteiger partial charge < -0.3 is 4.84 Å². The minimum absolute atomic E-state index is 0.232. The Labute approximate surface area is 196 Å². The van der Waals surface area contributed by atoms with Crippen molar-refractivity contribution in [1.82, 2.24) is 15.0 Å². The molecule has 3 aromatic heterocycles. The number of pyridine rings is 2. The Kier molecular flexibility index (Phi) is 6.21. The molecule has 4 aromatic rings. The monoisotopic (exact) mass is 458 g/mol. The summed E-state index contributed by atoms with van der Waals surface area (Å²) in [4.78, 5) is 20.6. The zero-order valence-corrected chi connectivity index (χ0v) is 19.1. The second-order valence-corrected chi connectivity index (χ2v) is 8.98. The van der Waals surface area contributed by atoms with Gasteiger partial charge in [-0.15, -0.1) is 11.3 Å². The molecule has 0 bridgehead atoms. The highest BCUT2D eigenvalue weighted by atomic mass is 32.1. The van der Waals surface area contributed by atoms with E-state index in [1.54, 1.807) is 29.7 Å². The Bertz CT molecular complexity index is 1290. The smallest absolute Gasteiger partial charge is 0.125 e. The lowest BCUT2D eigenvalue weighted by molar-refractivity contribution is 0.147. The number of thiazole rings is 1. The Morgan fingerprint density at radius 3 is 2.76 bits per heavy atom. The minimum Gasteiger partial charge on any atom is -0.395 e. The predicted octanol–water partition coefficient (Wildman–Crippen LogP) is 6.01. The first kappa shape index (κ1) is 21.4. The lowest BCUT2D eigenvalue weighted by Crippen LogP contribution is -2.15. The van der Waals surface area contributed by atoms with Crippen molar-refractivity contribution >= 4 is 17.0 Å². The summed E-state index contributed by atoms with van der Waals surface area (Å²) in [5, 5.41) is 5.36. The van der Waals surface area contributed by atoms with Crippen LogP contribution < -0.4 is 0 Å². The molecule has 0 amide bonds. The standard InChI is InChI=1S/C26H23FN4OS/c1-17-25(33-26(29-17)20-5-3-14-28-16-20)23-12-9-19-4-2-6-22(24(19)30-23)31-32-15-13-18-7-10-21(27)11-8-18/h3,5,7-12,14,16H,2,4,6,13,15H2,1H3. The third kappa shape index (κ3) is 4.83. The van der Waals surface area contributed by atoms with Crippen LogP contribution in [0.5, 0.6) is 0 Å². The maximum Gasteiger partial charge on any atom is 0.125 e. The first-order chi connectivity index (χ1) is 16.2. The largest absolute Gasteiger partial charge is 0.395 e. The van der Waals surface area contributed by atoms with Crippen LogP contribution >= 0.6 is 11.3 Å². The predicted molar refractivity (Wildman–Crippen MR) is 129 cm³/mol. The van der Waals surface area contributed by atoms with Crippen LogP contribution in [-0.4, -0.2) is 27.3 Å². The number of aryl methyl sites for hydroxylation is 2. The van der Waals surface area contributed by atoms with E-state index in [-0.39, 0.29) is 5.82 Å². The zero-order valence-electron chi connectivity index (χ0n) is 18.3. The summed E-state index contributed by atoms with van der Waals surface area (Å²) in [6.45, 7) is 2.45. The minimum atomic E-state index is -0.232. The van der Waals surface area contributed by atoms with E-state index in [9.17, 15) is 4.39 Å². The summed E-state index contributed by atoms with van der Waals surface area (Å²) in [5.41, 5.74) is 6.87. The molecule has 1 aromatic carbocycles. The molecule has 1 aliphatic carbocycles. The Hall–Kier alpha value is -3.45. The fourth-order valence-electron chi connectivity index (χ4n) is 3.90. The topological polar surface area (TPSA) is 60.3 Å². The fraction of sp³-hybridized carbons (Fsp3) is 0.231. The van der Waals surface area contributed by atoms with Gasteiger partial charge in [-0.2, -0.15) is 0 Å². The van der Waals surface area contributed by atoms with Crippen LogP contribution in [0.3, 0.4) is 0 Å². The molecular weight excluding hydrogens is 435 g/mol. The molecule has 0 saturated carbocycles. The van der Waals surface area contributed by atoms with Gasteiger partial charge in [-0.1, -0.05) is 23.4 Å². The van der Waals surface area contributed by atoms with E-state index >= 15 is 0 Å². The van der Waals surface area contributed by atoms with Crippen LogP contribution in [-0.2, 0) is 17.7 Å². The highest BCUT2D eigenvalue weighted by Gasteiger charge is 2.20. The molecule has 5 nitrogen and oxygen atoms in total. The highest BCUT2D eigenvalue weighted by molar-refractivity contribution is 7.18. The lowest BCUT2D eigenvalue weighted by atomic mass is 9.94. The quantitative estimate of drug-likeness (QED) is 0.262. The number of fused-ring (bicyclic) bond motifs is 1. The molecule has 3 heterocycles. The zero-order chi connectivity index (χ0) is 22.6. The molecule has 0 radical (unpaired) electrons. The van der Waals surface area contributed by atoms with Gasteiger partial charge >= 0.3 is 0 Å². The van der Waals surface area contributed by atoms with Crippen LogP contribution in [0, 0.1) is 12.7 Å². The van der Waals surface area contributed by atoms with Crippen molar-refractivity contribution in [3.63, 3.8) is 0 Å². The van der Waals surface area contributed by atoms with E-state index in [1.165, 1.54) is 17.7 Å². The van der Waals surface area contributed by atoms with Crippen molar-refractivity contribution in [3.05, 3.63) is 89.3 Å². The van der Waals surface area contributed by atoms with Gasteiger partial charge in [0.05, 0.1) is 22.0 Å². The number of hydrogen-bond acceptors (Lipinski definition) is 6. The van der Waals surface area contributed by atoms with Gasteiger partial charge in [0.2, 0.25) is 0 Å². The Morgan fingerprint density at radius 1 is 1.06 bits per heavy atom. The SMILES string of the molecule is Cc1nc(-c2cccnc2)sc1-c1ccc2c(n1)C(=NOCCc1ccc(F)cc1)CCC2. The fourth-order valence-corrected chi connectivity index (χ4v) is 4.93. The maximum atomic E-state index is 13.1. The van der Waals surface area contributed by atoms with Crippen molar-refractivity contribution in [2.24, 2.45) is 5.16 Å². The molecule has 0 aliphatic heterocycles. The van der Waals surface area contributed by atoms with Crippen molar-refractivity contribution in [2.75, 3.05) is 6.61 Å². The third-order valence-electron chi connectivity index (χ3n) is 5.62. The number of hydrogen-bond donors (Lipinski definition) is 0. The van der Waals surface area contributed by atoms with E-state index < -0.39 is 0 Å². The number of oxime groups is 1. The van der Waals surface area contributed by atoms with E-state index in [0.717, 1.165) is 63.1 Å². The Balaban J connectivity index is 1.36. The summed E-state index contributed by atoms with van der Waals surface area (Å²) in [5.74, 6) is -0.232. The second kappa shape index (κ2) is 9.58. The molecule has 0 spiro atoms. The van der Waals surface area contributed by atoms with E-state index in [2.05, 4.69) is 22.3 Å². The maximum absolute atomic E-state index is 13.1. The summed E-state index contributed by atoms with van der Waals surface area (Å²) >= 11 is 1.63. The summed E-state index contributed by atoms with van der Waals surface area (Å²) < 4.78 is 13.1. The number of halogens is 1. The van der Waals surface area contributed by atoms with Crippen LogP contribution in [0.1, 0.15) is 35.4 Å². The van der Waals surface area contributed by atoms with Crippen molar-refractivity contribution in [1.29, 1.82) is 0 Å². The molecule has 5 rings (SSSR count). The summed E-state index contributed by atoms with van der Waals surface area (Å²) in [7, 11) is 0. The van der Waals surface area contributed by atoms with Crippen LogP contribution in [0.4, 0.5) is 4.39 Å². The number of rotatable bonds is 6. The van der Waals surface area contributed by atoms with Crippen LogP contribution in [0.25, 0.3) is 21.1 Å². The average molecular weight is 459 g/mol. The van der Waals surface area contributed by atoms with Crippen LogP contribution in [0.2, 0.25) is 0 Å². The first-order valence-corrected chi connectivity index (χ1v) is 11.8. The molecule has 0 atom stereocenters. The summed E-state index contributed by atoms with van der Waals surface area (Å²) in [6.07, 6.45) is 7.12. The lowest BCUT2D eigenvalue weighted by Gasteiger charge is -2.17. The first-order valence-electron chi connectivity index (χ1n) is 11.0. The van der Waals surface area contributed by atoms with Gasteiger partial charge in [-0.3, -0.25) is 4.98 Å². The van der Waals surface area contributed by atoms with Gasteiger partial charge in [0, 0.05) is 24.4 Å². The molecule has 1 aliphatic rings. The van der Waals surface area contributed by atoms with E-state index in [1.807, 2.05) is 25.3 Å². The van der Waals surface area contributed by atoms with Crippen LogP contribution in [0.15, 0.2) is 66.1 Å². The number of nitrogens with zero attached hydrogens (tertiary/aromatic N) is 4. The number of aromatic nitrogens is 3. The summed E-state index contributed by atoms with van der Waals surface area (Å²) in [6, 6.07) is 14.6. The van der Waals surface area contributed by atoms with Gasteiger partial charge in [-0.05, 0) is 67.6 Å². The van der Waals surface area contributed by atoms with Gasteiger partial charge in [0.15, 0.2) is 0 Å². The molecule has 7 heteroatoms. The molecular formula is C26H23FN4OS. The van der Waals surface area contributed by atoms with Gasteiger partial charge in [-0.25, -0.2) is 14.4 Å². The van der Waals surface area contributed by atoms with Gasteiger partial charge in [0.25, 0.3) is 0 Å². The highest BCUT2D eigenvalue weighted by Crippen LogP contribution is 2.35. The van der Waals surface area contributed by atoms with Crippen molar-refractivity contribution in [2.45, 2.75) is 32.6 Å².